The Labute approximate surface area is 163 Å². The molecule has 0 radical (unpaired) electrons. The molecule has 1 aromatic carbocycles. The molecule has 0 bridgehead atoms. The van der Waals surface area contributed by atoms with Crippen LogP contribution in [0.15, 0.2) is 30.3 Å². The highest BCUT2D eigenvalue weighted by Gasteiger charge is 2.28. The average Bonchev–Trinajstić information content (AvgIpc) is 3.25. The molecule has 0 unspecified atom stereocenters. The molecule has 3 aliphatic rings. The van der Waals surface area contributed by atoms with Crippen LogP contribution in [0.2, 0.25) is 0 Å². The number of hydrogen-bond acceptors (Lipinski definition) is 4. The molecule has 1 aliphatic carbocycles. The summed E-state index contributed by atoms with van der Waals surface area (Å²) in [6.07, 6.45) is 5.50. The third-order valence-corrected chi connectivity index (χ3v) is 6.58. The normalized spacial score (nSPS) is 23.8. The summed E-state index contributed by atoms with van der Waals surface area (Å²) < 4.78 is 0. The molecule has 0 N–H and O–H groups in total. The van der Waals surface area contributed by atoms with Gasteiger partial charge in [-0.3, -0.25) is 19.5 Å². The van der Waals surface area contributed by atoms with Crippen LogP contribution in [0, 0.1) is 0 Å². The summed E-state index contributed by atoms with van der Waals surface area (Å²) in [4.78, 5) is 22.3. The zero-order valence-corrected chi connectivity index (χ0v) is 16.6. The Hall–Kier alpha value is -1.43. The van der Waals surface area contributed by atoms with E-state index < -0.39 is 0 Å². The average molecular weight is 371 g/mol. The van der Waals surface area contributed by atoms with Crippen LogP contribution in [-0.2, 0) is 11.3 Å². The number of carbonyl (C=O) groups excluding carboxylic acids is 1. The molecular weight excluding hydrogens is 336 g/mol. The Bertz CT molecular complexity index is 586. The van der Waals surface area contributed by atoms with Crippen LogP contribution < -0.4 is 0 Å². The molecule has 4 rings (SSSR count). The van der Waals surface area contributed by atoms with Crippen LogP contribution >= 0.6 is 0 Å². The number of piperazine rings is 2. The quantitative estimate of drug-likeness (QED) is 0.792. The van der Waals surface area contributed by atoms with E-state index in [9.17, 15) is 4.79 Å². The van der Waals surface area contributed by atoms with E-state index in [1.807, 2.05) is 0 Å². The van der Waals surface area contributed by atoms with Crippen molar-refractivity contribution in [2.45, 2.75) is 38.3 Å². The van der Waals surface area contributed by atoms with Crippen LogP contribution in [0.5, 0.6) is 0 Å². The Morgan fingerprint density at radius 3 is 2.11 bits per heavy atom. The van der Waals surface area contributed by atoms with Gasteiger partial charge in [-0.05, 0) is 18.4 Å². The molecule has 1 aromatic rings. The smallest absolute Gasteiger partial charge is 0.236 e. The van der Waals surface area contributed by atoms with Gasteiger partial charge in [0.05, 0.1) is 6.54 Å². The van der Waals surface area contributed by atoms with E-state index in [1.165, 1.54) is 31.2 Å². The van der Waals surface area contributed by atoms with Gasteiger partial charge >= 0.3 is 0 Å². The number of rotatable bonds is 5. The Morgan fingerprint density at radius 1 is 0.815 bits per heavy atom. The van der Waals surface area contributed by atoms with Crippen molar-refractivity contribution in [3.05, 3.63) is 35.9 Å². The maximum absolute atomic E-state index is 12.7. The zero-order valence-electron chi connectivity index (χ0n) is 16.6. The lowest BCUT2D eigenvalue weighted by molar-refractivity contribution is -0.135. The van der Waals surface area contributed by atoms with Gasteiger partial charge in [0.2, 0.25) is 5.91 Å². The van der Waals surface area contributed by atoms with E-state index in [2.05, 4.69) is 49.9 Å². The summed E-state index contributed by atoms with van der Waals surface area (Å²) in [7, 11) is 0. The minimum atomic E-state index is 0.331. The summed E-state index contributed by atoms with van der Waals surface area (Å²) in [6.45, 7) is 9.71. The molecular formula is C22H34N4O. The highest BCUT2D eigenvalue weighted by molar-refractivity contribution is 5.78. The van der Waals surface area contributed by atoms with Crippen molar-refractivity contribution in [3.8, 4) is 0 Å². The van der Waals surface area contributed by atoms with Gasteiger partial charge < -0.3 is 4.90 Å². The van der Waals surface area contributed by atoms with E-state index in [-0.39, 0.29) is 0 Å². The first-order valence-electron chi connectivity index (χ1n) is 10.8. The van der Waals surface area contributed by atoms with E-state index in [0.29, 0.717) is 12.5 Å². The van der Waals surface area contributed by atoms with Gasteiger partial charge in [-0.2, -0.15) is 0 Å². The molecule has 27 heavy (non-hydrogen) atoms. The second-order valence-electron chi connectivity index (χ2n) is 8.39. The van der Waals surface area contributed by atoms with Crippen LogP contribution in [0.3, 0.4) is 0 Å². The van der Waals surface area contributed by atoms with Crippen molar-refractivity contribution >= 4 is 5.91 Å². The molecule has 0 atom stereocenters. The molecule has 0 spiro atoms. The van der Waals surface area contributed by atoms with Gasteiger partial charge in [-0.1, -0.05) is 43.2 Å². The van der Waals surface area contributed by atoms with Gasteiger partial charge in [0.1, 0.15) is 0 Å². The predicted molar refractivity (Wildman–Crippen MR) is 109 cm³/mol. The van der Waals surface area contributed by atoms with Gasteiger partial charge in [0.15, 0.2) is 0 Å². The molecule has 148 valence electrons. The summed E-state index contributed by atoms with van der Waals surface area (Å²) in [6, 6.07) is 11.5. The minimum absolute atomic E-state index is 0.331. The molecule has 0 aromatic heterocycles. The van der Waals surface area contributed by atoms with Gasteiger partial charge in [-0.15, -0.1) is 0 Å². The predicted octanol–water partition coefficient (Wildman–Crippen LogP) is 1.89. The second-order valence-corrected chi connectivity index (χ2v) is 8.39. The van der Waals surface area contributed by atoms with Gasteiger partial charge in [0.25, 0.3) is 0 Å². The van der Waals surface area contributed by atoms with Crippen molar-refractivity contribution in [3.63, 3.8) is 0 Å². The van der Waals surface area contributed by atoms with Crippen LogP contribution in [0.25, 0.3) is 0 Å². The van der Waals surface area contributed by atoms with Crippen LogP contribution in [-0.4, -0.2) is 90.5 Å². The second kappa shape index (κ2) is 9.18. The monoisotopic (exact) mass is 370 g/mol. The third-order valence-electron chi connectivity index (χ3n) is 6.58. The maximum atomic E-state index is 12.7. The van der Waals surface area contributed by atoms with Crippen molar-refractivity contribution in [1.82, 2.24) is 19.6 Å². The zero-order chi connectivity index (χ0) is 18.5. The lowest BCUT2D eigenvalue weighted by atomic mass is 10.1. The number of amides is 1. The molecule has 2 heterocycles. The van der Waals surface area contributed by atoms with Crippen LogP contribution in [0.4, 0.5) is 0 Å². The van der Waals surface area contributed by atoms with Gasteiger partial charge in [0, 0.05) is 64.9 Å². The highest BCUT2D eigenvalue weighted by atomic mass is 16.2. The third kappa shape index (κ3) is 5.09. The lowest BCUT2D eigenvalue weighted by Crippen LogP contribution is -2.54. The molecule has 5 heteroatoms. The molecule has 5 nitrogen and oxygen atoms in total. The van der Waals surface area contributed by atoms with Crippen molar-refractivity contribution in [2.75, 3.05) is 58.9 Å². The van der Waals surface area contributed by atoms with E-state index in [0.717, 1.165) is 64.9 Å². The van der Waals surface area contributed by atoms with E-state index >= 15 is 0 Å². The van der Waals surface area contributed by atoms with Crippen molar-refractivity contribution in [2.24, 2.45) is 0 Å². The van der Waals surface area contributed by atoms with E-state index in [4.69, 9.17) is 0 Å². The molecule has 2 saturated heterocycles. The molecule has 2 aliphatic heterocycles. The standard InChI is InChI=1S/C22H34N4O/c27-22(26-16-14-25(15-17-26)21-8-4-5-9-21)19-24-12-10-23(11-13-24)18-20-6-2-1-3-7-20/h1-3,6-7,21H,4-5,8-19H2. The number of carbonyl (C=O) groups is 1. The first-order valence-corrected chi connectivity index (χ1v) is 10.8. The largest absolute Gasteiger partial charge is 0.339 e. The first-order chi connectivity index (χ1) is 13.3. The lowest BCUT2D eigenvalue weighted by Gasteiger charge is -2.39. The SMILES string of the molecule is O=C(CN1CCN(Cc2ccccc2)CC1)N1CCN(C2CCCC2)CC1. The summed E-state index contributed by atoms with van der Waals surface area (Å²) >= 11 is 0. The highest BCUT2D eigenvalue weighted by Crippen LogP contribution is 2.24. The van der Waals surface area contributed by atoms with E-state index in [1.54, 1.807) is 0 Å². The minimum Gasteiger partial charge on any atom is -0.339 e. The fourth-order valence-electron chi connectivity index (χ4n) is 4.84. The number of nitrogens with zero attached hydrogens (tertiary/aromatic N) is 4. The summed E-state index contributed by atoms with van der Waals surface area (Å²) in [5.41, 5.74) is 1.38. The molecule has 3 fully saturated rings. The van der Waals surface area contributed by atoms with Gasteiger partial charge in [-0.25, -0.2) is 0 Å². The summed E-state index contributed by atoms with van der Waals surface area (Å²) in [5, 5.41) is 0. The fourth-order valence-corrected chi connectivity index (χ4v) is 4.84. The fraction of sp³-hybridized carbons (Fsp3) is 0.682. The first kappa shape index (κ1) is 18.9. The molecule has 1 amide bonds. The van der Waals surface area contributed by atoms with Crippen molar-refractivity contribution in [1.29, 1.82) is 0 Å². The Kier molecular flexibility index (Phi) is 6.43. The number of hydrogen-bond donors (Lipinski definition) is 0. The number of benzene rings is 1. The summed E-state index contributed by atoms with van der Waals surface area (Å²) in [5.74, 6) is 0.331. The van der Waals surface area contributed by atoms with Crippen molar-refractivity contribution < 1.29 is 4.79 Å². The Balaban J connectivity index is 1.16. The topological polar surface area (TPSA) is 30.0 Å². The maximum Gasteiger partial charge on any atom is 0.236 e. The Morgan fingerprint density at radius 2 is 1.44 bits per heavy atom. The molecule has 1 saturated carbocycles. The van der Waals surface area contributed by atoms with Crippen LogP contribution in [0.1, 0.15) is 31.2 Å².